The fourth-order valence-corrected chi connectivity index (χ4v) is 4.10. The van der Waals surface area contributed by atoms with Gasteiger partial charge >= 0.3 is 0 Å². The van der Waals surface area contributed by atoms with Crippen molar-refractivity contribution < 1.29 is 0 Å². The molecule has 2 aliphatic carbocycles. The van der Waals surface area contributed by atoms with Crippen molar-refractivity contribution in [3.8, 4) is 0 Å². The molecule has 3 fully saturated rings. The van der Waals surface area contributed by atoms with E-state index in [-0.39, 0.29) is 0 Å². The lowest BCUT2D eigenvalue weighted by Crippen LogP contribution is -2.66. The summed E-state index contributed by atoms with van der Waals surface area (Å²) in [5.74, 6) is 0.980. The maximum Gasteiger partial charge on any atom is 0.0337 e. The largest absolute Gasteiger partial charge is 0.311 e. The third-order valence-corrected chi connectivity index (χ3v) is 5.54. The average Bonchev–Trinajstić information content (AvgIpc) is 3.08. The molecule has 1 aliphatic heterocycles. The molecule has 2 nitrogen and oxygen atoms in total. The molecule has 1 heterocycles. The van der Waals surface area contributed by atoms with Crippen LogP contribution in [0.1, 0.15) is 58.8 Å². The maximum absolute atomic E-state index is 3.79. The van der Waals surface area contributed by atoms with E-state index in [1.54, 1.807) is 0 Å². The summed E-state index contributed by atoms with van der Waals surface area (Å²) in [7, 11) is 0. The lowest BCUT2D eigenvalue weighted by molar-refractivity contribution is -0.000649. The van der Waals surface area contributed by atoms with Crippen molar-refractivity contribution >= 4 is 0 Å². The Kier molecular flexibility index (Phi) is 3.20. The topological polar surface area (TPSA) is 15.3 Å². The van der Waals surface area contributed by atoms with Gasteiger partial charge in [-0.1, -0.05) is 19.8 Å². The van der Waals surface area contributed by atoms with Crippen LogP contribution in [0.25, 0.3) is 0 Å². The van der Waals surface area contributed by atoms with Crippen LogP contribution in [0.15, 0.2) is 0 Å². The van der Waals surface area contributed by atoms with E-state index in [0.717, 1.165) is 18.0 Å². The van der Waals surface area contributed by atoms with Gasteiger partial charge in [-0.05, 0) is 44.9 Å². The quantitative estimate of drug-likeness (QED) is 0.810. The molecular weight excluding hydrogens is 208 g/mol. The van der Waals surface area contributed by atoms with Crippen molar-refractivity contribution in [3.05, 3.63) is 0 Å². The van der Waals surface area contributed by atoms with Gasteiger partial charge in [-0.15, -0.1) is 0 Å². The second-order valence-electron chi connectivity index (χ2n) is 6.71. The summed E-state index contributed by atoms with van der Waals surface area (Å²) < 4.78 is 0. The summed E-state index contributed by atoms with van der Waals surface area (Å²) in [4.78, 5) is 2.92. The van der Waals surface area contributed by atoms with E-state index in [9.17, 15) is 0 Å². The standard InChI is InChI=1S/C15H28N2/c1-3-13-10-17(14-6-4-5-7-14)15(2,11-16-13)12-8-9-12/h12-14,16H,3-11H2,1-2H3. The first-order valence-corrected chi connectivity index (χ1v) is 7.74. The minimum absolute atomic E-state index is 0.473. The first kappa shape index (κ1) is 12.0. The number of nitrogens with zero attached hydrogens (tertiary/aromatic N) is 1. The van der Waals surface area contributed by atoms with Gasteiger partial charge in [-0.25, -0.2) is 0 Å². The molecule has 0 aromatic rings. The second-order valence-corrected chi connectivity index (χ2v) is 6.71. The zero-order valence-electron chi connectivity index (χ0n) is 11.5. The molecule has 0 aromatic heterocycles. The van der Waals surface area contributed by atoms with Crippen molar-refractivity contribution in [2.75, 3.05) is 13.1 Å². The highest BCUT2D eigenvalue weighted by atomic mass is 15.3. The number of piperazine rings is 1. The van der Waals surface area contributed by atoms with E-state index in [1.807, 2.05) is 0 Å². The maximum atomic E-state index is 3.79. The van der Waals surface area contributed by atoms with Gasteiger partial charge in [0.25, 0.3) is 0 Å². The van der Waals surface area contributed by atoms with Crippen LogP contribution in [0.3, 0.4) is 0 Å². The predicted octanol–water partition coefficient (Wildman–Crippen LogP) is 2.78. The number of hydrogen-bond donors (Lipinski definition) is 1. The van der Waals surface area contributed by atoms with Crippen molar-refractivity contribution in [2.24, 2.45) is 5.92 Å². The van der Waals surface area contributed by atoms with Crippen LogP contribution in [0, 0.1) is 5.92 Å². The lowest BCUT2D eigenvalue weighted by atomic mass is 9.87. The van der Waals surface area contributed by atoms with Crippen LogP contribution in [0.2, 0.25) is 0 Å². The highest BCUT2D eigenvalue weighted by Gasteiger charge is 2.50. The second kappa shape index (κ2) is 4.55. The summed E-state index contributed by atoms with van der Waals surface area (Å²) in [6.07, 6.45) is 10.1. The number of rotatable bonds is 3. The molecule has 98 valence electrons. The Hall–Kier alpha value is -0.0800. The first-order chi connectivity index (χ1) is 8.24. The Morgan fingerprint density at radius 1 is 1.18 bits per heavy atom. The molecule has 3 rings (SSSR count). The molecule has 0 bridgehead atoms. The van der Waals surface area contributed by atoms with Gasteiger partial charge in [0.1, 0.15) is 0 Å². The molecule has 3 aliphatic rings. The number of nitrogens with one attached hydrogen (secondary N) is 1. The fourth-order valence-electron chi connectivity index (χ4n) is 4.10. The van der Waals surface area contributed by atoms with Crippen molar-refractivity contribution in [2.45, 2.75) is 76.4 Å². The van der Waals surface area contributed by atoms with Gasteiger partial charge in [-0.2, -0.15) is 0 Å². The Morgan fingerprint density at radius 2 is 1.88 bits per heavy atom. The molecule has 0 amide bonds. The van der Waals surface area contributed by atoms with E-state index in [2.05, 4.69) is 24.1 Å². The lowest BCUT2D eigenvalue weighted by Gasteiger charge is -2.51. The van der Waals surface area contributed by atoms with Gasteiger partial charge in [0.15, 0.2) is 0 Å². The van der Waals surface area contributed by atoms with Crippen LogP contribution in [-0.2, 0) is 0 Å². The van der Waals surface area contributed by atoms with Crippen LogP contribution in [0.5, 0.6) is 0 Å². The van der Waals surface area contributed by atoms with Gasteiger partial charge in [-0.3, -0.25) is 4.90 Å². The average molecular weight is 236 g/mol. The van der Waals surface area contributed by atoms with Crippen LogP contribution in [0.4, 0.5) is 0 Å². The Balaban J connectivity index is 1.76. The Morgan fingerprint density at radius 3 is 2.47 bits per heavy atom. The van der Waals surface area contributed by atoms with Crippen LogP contribution >= 0.6 is 0 Å². The summed E-state index contributed by atoms with van der Waals surface area (Å²) in [6.45, 7) is 7.38. The van der Waals surface area contributed by atoms with Gasteiger partial charge in [0.2, 0.25) is 0 Å². The van der Waals surface area contributed by atoms with Gasteiger partial charge in [0.05, 0.1) is 0 Å². The normalized spacial score (nSPS) is 40.9. The summed E-state index contributed by atoms with van der Waals surface area (Å²) in [6, 6.07) is 1.64. The van der Waals surface area contributed by atoms with E-state index >= 15 is 0 Å². The smallest absolute Gasteiger partial charge is 0.0337 e. The Bertz CT molecular complexity index is 268. The molecule has 0 radical (unpaired) electrons. The molecule has 2 unspecified atom stereocenters. The molecule has 2 saturated carbocycles. The zero-order chi connectivity index (χ0) is 11.9. The number of hydrogen-bond acceptors (Lipinski definition) is 2. The zero-order valence-corrected chi connectivity index (χ0v) is 11.5. The van der Waals surface area contributed by atoms with E-state index in [0.29, 0.717) is 5.54 Å². The molecule has 2 heteroatoms. The molecule has 1 saturated heterocycles. The fraction of sp³-hybridized carbons (Fsp3) is 1.00. The predicted molar refractivity (Wildman–Crippen MR) is 72.2 cm³/mol. The molecule has 17 heavy (non-hydrogen) atoms. The van der Waals surface area contributed by atoms with Gasteiger partial charge in [0, 0.05) is 30.7 Å². The third kappa shape index (κ3) is 2.15. The van der Waals surface area contributed by atoms with Crippen LogP contribution in [-0.4, -0.2) is 35.6 Å². The summed E-state index contributed by atoms with van der Waals surface area (Å²) in [5.41, 5.74) is 0.473. The Labute approximate surface area is 106 Å². The molecule has 1 N–H and O–H groups in total. The molecular formula is C15H28N2. The third-order valence-electron chi connectivity index (χ3n) is 5.54. The van der Waals surface area contributed by atoms with E-state index in [4.69, 9.17) is 0 Å². The highest BCUT2D eigenvalue weighted by Crippen LogP contribution is 2.46. The monoisotopic (exact) mass is 236 g/mol. The van der Waals surface area contributed by atoms with E-state index < -0.39 is 0 Å². The minimum Gasteiger partial charge on any atom is -0.311 e. The van der Waals surface area contributed by atoms with Crippen molar-refractivity contribution in [1.29, 1.82) is 0 Å². The van der Waals surface area contributed by atoms with Gasteiger partial charge < -0.3 is 5.32 Å². The van der Waals surface area contributed by atoms with E-state index in [1.165, 1.54) is 58.0 Å². The molecule has 0 aromatic carbocycles. The summed E-state index contributed by atoms with van der Waals surface area (Å²) >= 11 is 0. The molecule has 0 spiro atoms. The SMILES string of the molecule is CCC1CN(C2CCCC2)C(C)(C2CC2)CN1. The van der Waals surface area contributed by atoms with Crippen molar-refractivity contribution in [3.63, 3.8) is 0 Å². The highest BCUT2D eigenvalue weighted by molar-refractivity contribution is 5.06. The summed E-state index contributed by atoms with van der Waals surface area (Å²) in [5, 5.41) is 3.79. The van der Waals surface area contributed by atoms with Crippen LogP contribution < -0.4 is 5.32 Å². The molecule has 2 atom stereocenters. The van der Waals surface area contributed by atoms with Crippen molar-refractivity contribution in [1.82, 2.24) is 10.2 Å². The first-order valence-electron chi connectivity index (χ1n) is 7.74. The minimum atomic E-state index is 0.473.